The van der Waals surface area contributed by atoms with Gasteiger partial charge in [0, 0.05) is 0 Å². The van der Waals surface area contributed by atoms with E-state index in [4.69, 9.17) is 0 Å². The van der Waals surface area contributed by atoms with Crippen LogP contribution in [0.25, 0.3) is 21.9 Å². The van der Waals surface area contributed by atoms with E-state index in [-0.39, 0.29) is 51.0 Å². The van der Waals surface area contributed by atoms with Crippen LogP contribution in [0.5, 0.6) is 0 Å². The summed E-state index contributed by atoms with van der Waals surface area (Å²) in [4.78, 5) is 0. The Morgan fingerprint density at radius 2 is 1.56 bits per heavy atom. The van der Waals surface area contributed by atoms with Crippen molar-refractivity contribution in [3.8, 4) is 11.1 Å². The zero-order valence-electron chi connectivity index (χ0n) is 16.0. The van der Waals surface area contributed by atoms with Crippen LogP contribution in [0.4, 0.5) is 0 Å². The molecule has 0 saturated heterocycles. The minimum atomic E-state index is 0. The summed E-state index contributed by atoms with van der Waals surface area (Å²) in [5, 5.41) is 2.82. The Hall–Kier alpha value is -0.487. The first-order valence-electron chi connectivity index (χ1n) is 9.55. The summed E-state index contributed by atoms with van der Waals surface area (Å²) in [5.41, 5.74) is 5.57. The van der Waals surface area contributed by atoms with E-state index < -0.39 is 0 Å². The van der Waals surface area contributed by atoms with Gasteiger partial charge in [0.1, 0.15) is 0 Å². The minimum Gasteiger partial charge on any atom is -1.00 e. The van der Waals surface area contributed by atoms with Gasteiger partial charge in [-0.05, 0) is 24.8 Å². The molecule has 3 aromatic carbocycles. The van der Waals surface area contributed by atoms with E-state index >= 15 is 0 Å². The maximum absolute atomic E-state index is 2.45. The van der Waals surface area contributed by atoms with Crippen LogP contribution in [0, 0.1) is 12.8 Å². The van der Waals surface area contributed by atoms with E-state index in [0.717, 1.165) is 5.92 Å². The van der Waals surface area contributed by atoms with Crippen LogP contribution in [0.1, 0.15) is 49.7 Å². The molecule has 0 amide bonds. The maximum atomic E-state index is 2.45. The third-order valence-corrected chi connectivity index (χ3v) is 5.67. The van der Waals surface area contributed by atoms with Gasteiger partial charge in [0.2, 0.25) is 0 Å². The summed E-state index contributed by atoms with van der Waals surface area (Å²) >= 11 is 0. The number of benzene rings is 2. The average Bonchev–Trinajstić information content (AvgIpc) is 2.83. The summed E-state index contributed by atoms with van der Waals surface area (Å²) in [6.45, 7) is 2.15. The molecular weight excluding hydrogens is 450 g/mol. The van der Waals surface area contributed by atoms with Crippen LogP contribution in [-0.2, 0) is 32.6 Å². The first-order chi connectivity index (χ1) is 11.8. The van der Waals surface area contributed by atoms with Crippen LogP contribution < -0.4 is 24.8 Å². The van der Waals surface area contributed by atoms with Gasteiger partial charge in [-0.2, -0.15) is 6.07 Å². The van der Waals surface area contributed by atoms with Crippen LogP contribution in [0.2, 0.25) is 0 Å². The van der Waals surface area contributed by atoms with Gasteiger partial charge in [-0.15, -0.1) is 34.5 Å². The van der Waals surface area contributed by atoms with Crippen molar-refractivity contribution in [1.82, 2.24) is 0 Å². The summed E-state index contributed by atoms with van der Waals surface area (Å²) < 4.78 is 0. The Bertz CT molecular complexity index is 812. The number of hydrogen-bond donors (Lipinski definition) is 0. The molecule has 1 aliphatic rings. The van der Waals surface area contributed by atoms with E-state index in [1.807, 2.05) is 0 Å². The first-order valence-corrected chi connectivity index (χ1v) is 9.55. The normalized spacial score (nSPS) is 14.6. The molecule has 0 aliphatic heterocycles. The molecule has 141 valence electrons. The van der Waals surface area contributed by atoms with Crippen molar-refractivity contribution in [1.29, 1.82) is 0 Å². The minimum absolute atomic E-state index is 0. The predicted molar refractivity (Wildman–Crippen MR) is 105 cm³/mol. The van der Waals surface area contributed by atoms with E-state index in [0.29, 0.717) is 0 Å². The number of rotatable bonds is 3. The van der Waals surface area contributed by atoms with Gasteiger partial charge in [-0.3, -0.25) is 0 Å². The quantitative estimate of drug-likeness (QED) is 0.391. The average molecular weight is 478 g/mol. The molecule has 1 aliphatic carbocycles. The molecule has 0 heterocycles. The van der Waals surface area contributed by atoms with E-state index in [1.165, 1.54) is 78.0 Å². The topological polar surface area (TPSA) is 0 Å². The third-order valence-electron chi connectivity index (χ3n) is 5.67. The molecule has 3 aromatic rings. The van der Waals surface area contributed by atoms with Crippen molar-refractivity contribution in [3.05, 3.63) is 65.7 Å². The summed E-state index contributed by atoms with van der Waals surface area (Å²) in [7, 11) is 0. The molecule has 1 fully saturated rings. The fourth-order valence-electron chi connectivity index (χ4n) is 4.30. The Labute approximate surface area is 195 Å². The van der Waals surface area contributed by atoms with Crippen molar-refractivity contribution in [2.75, 3.05) is 0 Å². The molecule has 0 nitrogen and oxygen atoms in total. The van der Waals surface area contributed by atoms with Crippen LogP contribution in [0.3, 0.4) is 0 Å². The van der Waals surface area contributed by atoms with Crippen molar-refractivity contribution < 1.29 is 51.0 Å². The Morgan fingerprint density at radius 3 is 2.22 bits per heavy atom. The van der Waals surface area contributed by atoms with Gasteiger partial charge >= 0.3 is 26.2 Å². The molecule has 0 spiro atoms. The van der Waals surface area contributed by atoms with Crippen molar-refractivity contribution >= 4 is 10.8 Å². The van der Waals surface area contributed by atoms with Gasteiger partial charge in [0.15, 0.2) is 0 Å². The molecule has 0 unspecified atom stereocenters. The standard InChI is InChI=1S/C24H27.2ClH.Zr/c1-18-11-13-21(14-12-18)23-10-6-9-22-16-20(17-24(22)23)15-19-7-4-2-3-5-8-19;;;/h6,9-14,16-17,19H,2-5,7-8,15H2,1H3;2*1H;/q-1;;;+3/p-2. The van der Waals surface area contributed by atoms with E-state index in [1.54, 1.807) is 0 Å². The Morgan fingerprint density at radius 1 is 0.889 bits per heavy atom. The Kier molecular flexibility index (Phi) is 10.5. The van der Waals surface area contributed by atoms with Crippen LogP contribution >= 0.6 is 0 Å². The van der Waals surface area contributed by atoms with Crippen molar-refractivity contribution in [3.63, 3.8) is 0 Å². The van der Waals surface area contributed by atoms with E-state index in [2.05, 4.69) is 61.5 Å². The van der Waals surface area contributed by atoms with Gasteiger partial charge in [0.25, 0.3) is 0 Å². The molecule has 0 aromatic heterocycles. The zero-order valence-corrected chi connectivity index (χ0v) is 19.9. The fraction of sp³-hybridized carbons (Fsp3) is 0.375. The van der Waals surface area contributed by atoms with Gasteiger partial charge in [0.05, 0.1) is 0 Å². The molecule has 0 atom stereocenters. The number of halogens is 2. The molecule has 0 N–H and O–H groups in total. The smallest absolute Gasteiger partial charge is 1.00 e. The van der Waals surface area contributed by atoms with Gasteiger partial charge in [-0.25, -0.2) is 0 Å². The molecule has 3 heteroatoms. The summed E-state index contributed by atoms with van der Waals surface area (Å²) in [6.07, 6.45) is 9.86. The van der Waals surface area contributed by atoms with Crippen LogP contribution in [-0.4, -0.2) is 0 Å². The first kappa shape index (κ1) is 24.6. The van der Waals surface area contributed by atoms with Crippen LogP contribution in [0.15, 0.2) is 54.6 Å². The second-order valence-electron chi connectivity index (χ2n) is 7.60. The molecular formula is C24H27Cl2Zr. The Balaban J connectivity index is 0.00000121. The number of fused-ring (bicyclic) bond motifs is 1. The SMILES string of the molecule is Cc1ccc(-c2cccc3[cH-]c(CC4CCCCCC4)cc23)cc1.[Cl-].[Cl-].[Zr+3]. The van der Waals surface area contributed by atoms with Crippen molar-refractivity contribution in [2.24, 2.45) is 5.92 Å². The molecule has 4 rings (SSSR count). The molecule has 1 radical (unpaired) electrons. The second kappa shape index (κ2) is 11.5. The monoisotopic (exact) mass is 475 g/mol. The van der Waals surface area contributed by atoms with Gasteiger partial charge < -0.3 is 24.8 Å². The fourth-order valence-corrected chi connectivity index (χ4v) is 4.30. The zero-order chi connectivity index (χ0) is 16.4. The van der Waals surface area contributed by atoms with Crippen molar-refractivity contribution in [2.45, 2.75) is 51.9 Å². The third kappa shape index (κ3) is 5.99. The summed E-state index contributed by atoms with van der Waals surface area (Å²) in [5.74, 6) is 0.895. The molecule has 0 bridgehead atoms. The largest absolute Gasteiger partial charge is 3.00 e. The molecule has 27 heavy (non-hydrogen) atoms. The number of hydrogen-bond acceptors (Lipinski definition) is 0. The molecule has 1 saturated carbocycles. The number of aryl methyl sites for hydroxylation is 1. The predicted octanol–water partition coefficient (Wildman–Crippen LogP) is 1.05. The van der Waals surface area contributed by atoms with E-state index in [9.17, 15) is 0 Å². The summed E-state index contributed by atoms with van der Waals surface area (Å²) in [6, 6.07) is 20.5. The second-order valence-corrected chi connectivity index (χ2v) is 7.60. The maximum Gasteiger partial charge on any atom is 3.00 e. The van der Waals surface area contributed by atoms with Gasteiger partial charge in [-0.1, -0.05) is 80.0 Å².